The summed E-state index contributed by atoms with van der Waals surface area (Å²) >= 11 is 1.53. The van der Waals surface area contributed by atoms with Crippen molar-refractivity contribution in [3.05, 3.63) is 40.9 Å². The molecule has 1 atom stereocenters. The van der Waals surface area contributed by atoms with Crippen LogP contribution in [0, 0.1) is 0 Å². The first-order chi connectivity index (χ1) is 10.6. The number of hydrogen-bond donors (Lipinski definition) is 3. The first-order valence-electron chi connectivity index (χ1n) is 6.74. The van der Waals surface area contributed by atoms with Crippen molar-refractivity contribution in [3.63, 3.8) is 0 Å². The van der Waals surface area contributed by atoms with Crippen LogP contribution in [-0.4, -0.2) is 42.9 Å². The number of imidazole rings is 1. The number of fused-ring (bicyclic) bond motifs is 2. The molecule has 3 aromatic rings. The summed E-state index contributed by atoms with van der Waals surface area (Å²) in [6.45, 7) is 0.220. The van der Waals surface area contributed by atoms with E-state index in [1.165, 1.54) is 22.6 Å². The molecule has 0 saturated carbocycles. The largest absolute Gasteiger partial charge is 0.480 e. The highest BCUT2D eigenvalue weighted by molar-refractivity contribution is 7.17. The van der Waals surface area contributed by atoms with Crippen LogP contribution in [0.4, 0.5) is 0 Å². The Morgan fingerprint density at radius 1 is 1.45 bits per heavy atom. The topological polar surface area (TPSA) is 102 Å². The number of rotatable bonds is 2. The van der Waals surface area contributed by atoms with Gasteiger partial charge in [-0.2, -0.15) is 0 Å². The minimum absolute atomic E-state index is 0.217. The number of aromatic amines is 2. The second-order valence-electron chi connectivity index (χ2n) is 5.20. The lowest BCUT2D eigenvalue weighted by Gasteiger charge is -2.31. The van der Waals surface area contributed by atoms with Crippen LogP contribution in [-0.2, 0) is 17.8 Å². The molecule has 0 aromatic carbocycles. The number of aliphatic carboxylic acids is 1. The minimum atomic E-state index is -1.02. The smallest absolute Gasteiger partial charge is 0.326 e. The fourth-order valence-electron chi connectivity index (χ4n) is 2.79. The SMILES string of the molecule is O=C(O)C1Cc2nc[nH]c2CN1C(=O)c1cc2sccc2[nH]1. The van der Waals surface area contributed by atoms with Crippen molar-refractivity contribution in [2.45, 2.75) is 19.0 Å². The van der Waals surface area contributed by atoms with Gasteiger partial charge >= 0.3 is 5.97 Å². The molecule has 3 aromatic heterocycles. The summed E-state index contributed by atoms with van der Waals surface area (Å²) < 4.78 is 0.981. The summed E-state index contributed by atoms with van der Waals surface area (Å²) in [5.74, 6) is -1.33. The van der Waals surface area contributed by atoms with Crippen LogP contribution in [0.5, 0.6) is 0 Å². The molecule has 1 aliphatic rings. The third-order valence-corrected chi connectivity index (χ3v) is 4.78. The van der Waals surface area contributed by atoms with E-state index in [0.717, 1.165) is 15.9 Å². The van der Waals surface area contributed by atoms with Gasteiger partial charge < -0.3 is 20.0 Å². The highest BCUT2D eigenvalue weighted by Gasteiger charge is 2.36. The van der Waals surface area contributed by atoms with Crippen LogP contribution in [0.2, 0.25) is 0 Å². The number of carbonyl (C=O) groups is 2. The van der Waals surface area contributed by atoms with E-state index in [4.69, 9.17) is 0 Å². The maximum atomic E-state index is 12.7. The predicted octanol–water partition coefficient (Wildman–Crippen LogP) is 1.60. The molecule has 8 heteroatoms. The van der Waals surface area contributed by atoms with Crippen molar-refractivity contribution in [1.82, 2.24) is 19.9 Å². The van der Waals surface area contributed by atoms with Gasteiger partial charge in [-0.15, -0.1) is 11.3 Å². The number of aromatic nitrogens is 3. The summed E-state index contributed by atoms with van der Waals surface area (Å²) in [4.78, 5) is 35.7. The lowest BCUT2D eigenvalue weighted by atomic mass is 10.0. The molecule has 0 bridgehead atoms. The van der Waals surface area contributed by atoms with E-state index >= 15 is 0 Å². The van der Waals surface area contributed by atoms with E-state index in [1.807, 2.05) is 11.4 Å². The molecule has 0 spiro atoms. The van der Waals surface area contributed by atoms with Gasteiger partial charge in [0.25, 0.3) is 5.91 Å². The standard InChI is InChI=1S/C14H12N4O3S/c19-13(9-4-12-7(17-9)1-2-22-12)18-5-10-8(15-6-16-10)3-11(18)14(20)21/h1-2,4,6,11,17H,3,5H2,(H,15,16)(H,20,21). The average Bonchev–Trinajstić information content (AvgIpc) is 3.19. The Kier molecular flexibility index (Phi) is 2.80. The zero-order chi connectivity index (χ0) is 15.3. The number of carboxylic acid groups (broad SMARTS) is 1. The molecule has 4 rings (SSSR count). The monoisotopic (exact) mass is 316 g/mol. The van der Waals surface area contributed by atoms with Crippen molar-refractivity contribution in [2.75, 3.05) is 0 Å². The summed E-state index contributed by atoms with van der Waals surface area (Å²) in [6, 6.07) is 2.77. The van der Waals surface area contributed by atoms with Crippen LogP contribution < -0.4 is 0 Å². The Balaban J connectivity index is 1.71. The Hall–Kier alpha value is -2.61. The summed E-state index contributed by atoms with van der Waals surface area (Å²) in [5, 5.41) is 11.4. The van der Waals surface area contributed by atoms with E-state index in [2.05, 4.69) is 15.0 Å². The van der Waals surface area contributed by atoms with Crippen molar-refractivity contribution >= 4 is 33.4 Å². The molecular weight excluding hydrogens is 304 g/mol. The zero-order valence-corrected chi connectivity index (χ0v) is 12.2. The second-order valence-corrected chi connectivity index (χ2v) is 6.15. The second kappa shape index (κ2) is 4.70. The van der Waals surface area contributed by atoms with Gasteiger partial charge in [0, 0.05) is 6.42 Å². The number of amides is 1. The van der Waals surface area contributed by atoms with Crippen LogP contribution in [0.25, 0.3) is 10.2 Å². The minimum Gasteiger partial charge on any atom is -0.480 e. The molecule has 0 radical (unpaired) electrons. The predicted molar refractivity (Wildman–Crippen MR) is 79.8 cm³/mol. The third kappa shape index (κ3) is 1.92. The van der Waals surface area contributed by atoms with E-state index in [9.17, 15) is 14.7 Å². The average molecular weight is 316 g/mol. The molecule has 0 aliphatic carbocycles. The molecular formula is C14H12N4O3S. The molecule has 0 saturated heterocycles. The van der Waals surface area contributed by atoms with Gasteiger partial charge in [-0.25, -0.2) is 9.78 Å². The van der Waals surface area contributed by atoms with Gasteiger partial charge in [-0.3, -0.25) is 4.79 Å². The van der Waals surface area contributed by atoms with Gasteiger partial charge in [-0.05, 0) is 17.5 Å². The first kappa shape index (κ1) is 13.1. The Labute approximate surface area is 128 Å². The number of carbonyl (C=O) groups excluding carboxylic acids is 1. The first-order valence-corrected chi connectivity index (χ1v) is 7.62. The molecule has 1 aliphatic heterocycles. The summed E-state index contributed by atoms with van der Waals surface area (Å²) in [5.41, 5.74) is 2.80. The molecule has 112 valence electrons. The van der Waals surface area contributed by atoms with Gasteiger partial charge in [0.1, 0.15) is 11.7 Å². The fourth-order valence-corrected chi connectivity index (χ4v) is 3.57. The molecule has 4 heterocycles. The van der Waals surface area contributed by atoms with Gasteiger partial charge in [0.05, 0.1) is 34.5 Å². The highest BCUT2D eigenvalue weighted by atomic mass is 32.1. The normalized spacial score (nSPS) is 17.6. The maximum absolute atomic E-state index is 12.7. The number of hydrogen-bond acceptors (Lipinski definition) is 4. The quantitative estimate of drug-likeness (QED) is 0.668. The lowest BCUT2D eigenvalue weighted by Crippen LogP contribution is -2.48. The fraction of sp³-hybridized carbons (Fsp3) is 0.214. The highest BCUT2D eigenvalue weighted by Crippen LogP contribution is 2.26. The Morgan fingerprint density at radius 2 is 2.32 bits per heavy atom. The Bertz CT molecular complexity index is 849. The number of thiophene rings is 1. The van der Waals surface area contributed by atoms with Crippen LogP contribution in [0.15, 0.2) is 23.8 Å². The van der Waals surface area contributed by atoms with Gasteiger partial charge in [-0.1, -0.05) is 0 Å². The molecule has 3 N–H and O–H groups in total. The van der Waals surface area contributed by atoms with Crippen LogP contribution in [0.3, 0.4) is 0 Å². The molecule has 1 unspecified atom stereocenters. The van der Waals surface area contributed by atoms with E-state index < -0.39 is 12.0 Å². The molecule has 22 heavy (non-hydrogen) atoms. The number of nitrogens with zero attached hydrogens (tertiary/aromatic N) is 2. The van der Waals surface area contributed by atoms with Gasteiger partial charge in [0.15, 0.2) is 0 Å². The van der Waals surface area contributed by atoms with Crippen molar-refractivity contribution in [3.8, 4) is 0 Å². The number of H-pyrrole nitrogens is 2. The molecule has 1 amide bonds. The summed E-state index contributed by atoms with van der Waals surface area (Å²) in [6.07, 6.45) is 1.75. The van der Waals surface area contributed by atoms with E-state index in [-0.39, 0.29) is 18.9 Å². The molecule has 0 fully saturated rings. The van der Waals surface area contributed by atoms with E-state index in [0.29, 0.717) is 11.4 Å². The third-order valence-electron chi connectivity index (χ3n) is 3.92. The van der Waals surface area contributed by atoms with Gasteiger partial charge in [0.2, 0.25) is 0 Å². The van der Waals surface area contributed by atoms with Crippen molar-refractivity contribution < 1.29 is 14.7 Å². The maximum Gasteiger partial charge on any atom is 0.326 e. The molecule has 7 nitrogen and oxygen atoms in total. The number of nitrogens with one attached hydrogen (secondary N) is 2. The van der Waals surface area contributed by atoms with Crippen LogP contribution >= 0.6 is 11.3 Å². The summed E-state index contributed by atoms with van der Waals surface area (Å²) in [7, 11) is 0. The lowest BCUT2D eigenvalue weighted by molar-refractivity contribution is -0.142. The van der Waals surface area contributed by atoms with Crippen molar-refractivity contribution in [2.24, 2.45) is 0 Å². The Morgan fingerprint density at radius 3 is 3.09 bits per heavy atom. The number of carboxylic acids is 1. The van der Waals surface area contributed by atoms with Crippen molar-refractivity contribution in [1.29, 1.82) is 0 Å². The zero-order valence-electron chi connectivity index (χ0n) is 11.4. The van der Waals surface area contributed by atoms with Crippen LogP contribution in [0.1, 0.15) is 21.9 Å². The van der Waals surface area contributed by atoms with E-state index in [1.54, 1.807) is 6.07 Å².